The first-order chi connectivity index (χ1) is 10.6. The van der Waals surface area contributed by atoms with Gasteiger partial charge in [0, 0.05) is 36.3 Å². The molecule has 0 aromatic heterocycles. The fourth-order valence-corrected chi connectivity index (χ4v) is 2.17. The quantitative estimate of drug-likeness (QED) is 0.914. The Balaban J connectivity index is 1.96. The van der Waals surface area contributed by atoms with Crippen LogP contribution in [-0.2, 0) is 9.59 Å². The molecule has 0 unspecified atom stereocenters. The monoisotopic (exact) mass is 316 g/mol. The number of para-hydroxylation sites is 1. The lowest BCUT2D eigenvalue weighted by Gasteiger charge is -2.21. The van der Waals surface area contributed by atoms with Gasteiger partial charge in [-0.25, -0.2) is 0 Å². The van der Waals surface area contributed by atoms with Crippen LogP contribution in [0.4, 0.5) is 11.4 Å². The van der Waals surface area contributed by atoms with Gasteiger partial charge in [-0.3, -0.25) is 9.59 Å². The van der Waals surface area contributed by atoms with Gasteiger partial charge in [-0.05, 0) is 36.4 Å². The first-order valence-corrected chi connectivity index (χ1v) is 7.32. The summed E-state index contributed by atoms with van der Waals surface area (Å²) in [6, 6.07) is 16.2. The third-order valence-electron chi connectivity index (χ3n) is 3.14. The molecule has 0 fully saturated rings. The molecular weight excluding hydrogens is 300 g/mol. The van der Waals surface area contributed by atoms with E-state index in [0.717, 1.165) is 11.4 Å². The summed E-state index contributed by atoms with van der Waals surface area (Å²) < 4.78 is 0. The van der Waals surface area contributed by atoms with Gasteiger partial charge in [-0.15, -0.1) is 0 Å². The number of nitrogens with zero attached hydrogens (tertiary/aromatic N) is 1. The summed E-state index contributed by atoms with van der Waals surface area (Å²) in [5.74, 6) is -0.249. The van der Waals surface area contributed by atoms with Gasteiger partial charge in [0.25, 0.3) is 0 Å². The predicted molar refractivity (Wildman–Crippen MR) is 89.2 cm³/mol. The maximum atomic E-state index is 12.0. The second-order valence-corrected chi connectivity index (χ2v) is 5.25. The third kappa shape index (κ3) is 4.60. The van der Waals surface area contributed by atoms with Gasteiger partial charge >= 0.3 is 0 Å². The van der Waals surface area contributed by atoms with Crippen LogP contribution in [-0.4, -0.2) is 18.4 Å². The van der Waals surface area contributed by atoms with Crippen molar-refractivity contribution >= 4 is 34.8 Å². The van der Waals surface area contributed by atoms with Crippen molar-refractivity contribution in [3.05, 3.63) is 59.6 Å². The molecule has 2 aromatic carbocycles. The molecule has 2 amide bonds. The van der Waals surface area contributed by atoms with Crippen molar-refractivity contribution in [1.82, 2.24) is 0 Å². The molecule has 2 aromatic rings. The van der Waals surface area contributed by atoms with Crippen molar-refractivity contribution in [2.24, 2.45) is 0 Å². The normalized spacial score (nSPS) is 10.1. The fraction of sp³-hybridized carbons (Fsp3) is 0.176. The number of rotatable bonds is 5. The summed E-state index contributed by atoms with van der Waals surface area (Å²) in [4.78, 5) is 25.3. The van der Waals surface area contributed by atoms with Crippen LogP contribution in [0, 0.1) is 0 Å². The zero-order valence-corrected chi connectivity index (χ0v) is 13.0. The van der Waals surface area contributed by atoms with Gasteiger partial charge < -0.3 is 10.2 Å². The van der Waals surface area contributed by atoms with Crippen LogP contribution in [0.5, 0.6) is 0 Å². The molecule has 0 saturated carbocycles. The molecule has 2 rings (SSSR count). The lowest BCUT2D eigenvalue weighted by molar-refractivity contribution is -0.117. The van der Waals surface area contributed by atoms with Gasteiger partial charge in [-0.1, -0.05) is 29.8 Å². The molecule has 5 heteroatoms. The van der Waals surface area contributed by atoms with Crippen LogP contribution in [0.1, 0.15) is 13.3 Å². The molecule has 114 valence electrons. The summed E-state index contributed by atoms with van der Waals surface area (Å²) in [5.41, 5.74) is 1.47. The SMILES string of the molecule is CC(=O)N(CCC(=O)Nc1ccccc1)c1ccc(Cl)cc1. The molecule has 0 aliphatic heterocycles. The molecule has 1 N–H and O–H groups in total. The van der Waals surface area contributed by atoms with Crippen LogP contribution >= 0.6 is 11.6 Å². The molecule has 22 heavy (non-hydrogen) atoms. The molecule has 0 aliphatic rings. The van der Waals surface area contributed by atoms with E-state index in [-0.39, 0.29) is 18.2 Å². The van der Waals surface area contributed by atoms with Crippen molar-refractivity contribution in [3.63, 3.8) is 0 Å². The van der Waals surface area contributed by atoms with Gasteiger partial charge in [0.1, 0.15) is 0 Å². The summed E-state index contributed by atoms with van der Waals surface area (Å²) in [7, 11) is 0. The molecule has 0 bridgehead atoms. The minimum absolute atomic E-state index is 0.116. The number of amides is 2. The Hall–Kier alpha value is -2.33. The number of nitrogens with one attached hydrogen (secondary N) is 1. The van der Waals surface area contributed by atoms with Crippen molar-refractivity contribution < 1.29 is 9.59 Å². The Kier molecular flexibility index (Phi) is 5.55. The highest BCUT2D eigenvalue weighted by molar-refractivity contribution is 6.30. The molecule has 0 aliphatic carbocycles. The number of anilines is 2. The van der Waals surface area contributed by atoms with Gasteiger partial charge in [-0.2, -0.15) is 0 Å². The van der Waals surface area contributed by atoms with E-state index in [1.807, 2.05) is 30.3 Å². The number of carbonyl (C=O) groups excluding carboxylic acids is 2. The maximum Gasteiger partial charge on any atom is 0.226 e. The van der Waals surface area contributed by atoms with E-state index in [1.54, 1.807) is 29.2 Å². The predicted octanol–water partition coefficient (Wildman–Crippen LogP) is 3.72. The van der Waals surface area contributed by atoms with Gasteiger partial charge in [0.2, 0.25) is 11.8 Å². The highest BCUT2D eigenvalue weighted by Crippen LogP contribution is 2.18. The Morgan fingerprint density at radius 2 is 1.68 bits per heavy atom. The molecule has 0 saturated heterocycles. The topological polar surface area (TPSA) is 49.4 Å². The fourth-order valence-electron chi connectivity index (χ4n) is 2.05. The Morgan fingerprint density at radius 3 is 2.27 bits per heavy atom. The Bertz CT molecular complexity index is 641. The van der Waals surface area contributed by atoms with E-state index in [2.05, 4.69) is 5.32 Å². The summed E-state index contributed by atoms with van der Waals surface area (Å²) in [6.45, 7) is 1.79. The van der Waals surface area contributed by atoms with Crippen LogP contribution in [0.15, 0.2) is 54.6 Å². The number of benzene rings is 2. The maximum absolute atomic E-state index is 12.0. The highest BCUT2D eigenvalue weighted by atomic mass is 35.5. The largest absolute Gasteiger partial charge is 0.326 e. The van der Waals surface area contributed by atoms with E-state index < -0.39 is 0 Å². The van der Waals surface area contributed by atoms with Crippen LogP contribution in [0.2, 0.25) is 5.02 Å². The smallest absolute Gasteiger partial charge is 0.226 e. The molecule has 0 atom stereocenters. The number of carbonyl (C=O) groups is 2. The van der Waals surface area contributed by atoms with Gasteiger partial charge in [0.15, 0.2) is 0 Å². The molecular formula is C17H17ClN2O2. The first-order valence-electron chi connectivity index (χ1n) is 6.95. The number of hydrogen-bond donors (Lipinski definition) is 1. The first kappa shape index (κ1) is 16.0. The summed E-state index contributed by atoms with van der Waals surface area (Å²) in [6.07, 6.45) is 0.219. The second-order valence-electron chi connectivity index (χ2n) is 4.81. The van der Waals surface area contributed by atoms with E-state index in [4.69, 9.17) is 11.6 Å². The van der Waals surface area contributed by atoms with E-state index in [1.165, 1.54) is 6.92 Å². The van der Waals surface area contributed by atoms with E-state index in [9.17, 15) is 9.59 Å². The zero-order chi connectivity index (χ0) is 15.9. The lowest BCUT2D eigenvalue weighted by atomic mass is 10.2. The molecule has 0 heterocycles. The molecule has 4 nitrogen and oxygen atoms in total. The second kappa shape index (κ2) is 7.61. The molecule has 0 radical (unpaired) electrons. The average molecular weight is 317 g/mol. The Labute approximate surface area is 134 Å². The van der Waals surface area contributed by atoms with Crippen LogP contribution < -0.4 is 10.2 Å². The lowest BCUT2D eigenvalue weighted by Crippen LogP contribution is -2.31. The van der Waals surface area contributed by atoms with E-state index >= 15 is 0 Å². The minimum Gasteiger partial charge on any atom is -0.326 e. The summed E-state index contributed by atoms with van der Waals surface area (Å²) >= 11 is 5.85. The minimum atomic E-state index is -0.133. The average Bonchev–Trinajstić information content (AvgIpc) is 2.50. The highest BCUT2D eigenvalue weighted by Gasteiger charge is 2.13. The van der Waals surface area contributed by atoms with Gasteiger partial charge in [0.05, 0.1) is 0 Å². The van der Waals surface area contributed by atoms with E-state index in [0.29, 0.717) is 11.6 Å². The number of hydrogen-bond acceptors (Lipinski definition) is 2. The molecule has 0 spiro atoms. The number of halogens is 1. The van der Waals surface area contributed by atoms with Crippen molar-refractivity contribution in [3.8, 4) is 0 Å². The van der Waals surface area contributed by atoms with Crippen molar-refractivity contribution in [1.29, 1.82) is 0 Å². The third-order valence-corrected chi connectivity index (χ3v) is 3.39. The van der Waals surface area contributed by atoms with Crippen LogP contribution in [0.25, 0.3) is 0 Å². The Morgan fingerprint density at radius 1 is 1.05 bits per heavy atom. The standard InChI is InChI=1S/C17H17ClN2O2/c1-13(21)20(16-9-7-14(18)8-10-16)12-11-17(22)19-15-5-3-2-4-6-15/h2-10H,11-12H2,1H3,(H,19,22). The van der Waals surface area contributed by atoms with Crippen molar-refractivity contribution in [2.45, 2.75) is 13.3 Å². The van der Waals surface area contributed by atoms with Crippen molar-refractivity contribution in [2.75, 3.05) is 16.8 Å². The zero-order valence-electron chi connectivity index (χ0n) is 12.3. The summed E-state index contributed by atoms with van der Waals surface area (Å²) in [5, 5.41) is 3.40. The van der Waals surface area contributed by atoms with Crippen LogP contribution in [0.3, 0.4) is 0 Å².